The van der Waals surface area contributed by atoms with Gasteiger partial charge in [-0.1, -0.05) is 84.9 Å². The lowest BCUT2D eigenvalue weighted by molar-refractivity contribution is 1.08. The molecule has 5 aromatic rings. The van der Waals surface area contributed by atoms with Crippen molar-refractivity contribution in [3.05, 3.63) is 151 Å². The quantitative estimate of drug-likeness (QED) is 0.181. The van der Waals surface area contributed by atoms with Gasteiger partial charge in [-0.2, -0.15) is 5.10 Å². The van der Waals surface area contributed by atoms with Crippen molar-refractivity contribution in [2.45, 2.75) is 6.92 Å². The zero-order valence-electron chi connectivity index (χ0n) is 19.7. The van der Waals surface area contributed by atoms with Crippen LogP contribution in [-0.2, 0) is 0 Å². The second-order valence-electron chi connectivity index (χ2n) is 8.22. The van der Waals surface area contributed by atoms with E-state index in [0.717, 1.165) is 39.7 Å². The molecule has 5 aromatic carbocycles. The van der Waals surface area contributed by atoms with Crippen molar-refractivity contribution in [2.75, 3.05) is 9.91 Å². The average molecular weight is 454 g/mol. The molecular formula is C32H27N3. The van der Waals surface area contributed by atoms with E-state index in [-0.39, 0.29) is 0 Å². The highest BCUT2D eigenvalue weighted by atomic mass is 15.5. The molecule has 3 heteroatoms. The van der Waals surface area contributed by atoms with E-state index in [4.69, 9.17) is 5.10 Å². The van der Waals surface area contributed by atoms with Gasteiger partial charge in [0, 0.05) is 17.1 Å². The summed E-state index contributed by atoms with van der Waals surface area (Å²) in [4.78, 5) is 2.26. The maximum absolute atomic E-state index is 5.01. The molecule has 0 saturated heterocycles. The Labute approximate surface area is 207 Å². The number of anilines is 5. The van der Waals surface area contributed by atoms with Gasteiger partial charge in [0.05, 0.1) is 17.1 Å². The van der Waals surface area contributed by atoms with Crippen molar-refractivity contribution in [3.8, 4) is 0 Å². The van der Waals surface area contributed by atoms with E-state index < -0.39 is 0 Å². The van der Waals surface area contributed by atoms with Gasteiger partial charge >= 0.3 is 0 Å². The molecule has 0 aromatic heterocycles. The van der Waals surface area contributed by atoms with Crippen LogP contribution >= 0.6 is 0 Å². The van der Waals surface area contributed by atoms with Crippen molar-refractivity contribution in [2.24, 2.45) is 5.10 Å². The molecule has 0 saturated carbocycles. The Bertz CT molecular complexity index is 1290. The Hall–Kier alpha value is -4.63. The summed E-state index contributed by atoms with van der Waals surface area (Å²) in [6, 6.07) is 49.9. The normalized spacial score (nSPS) is 11.2. The third-order valence-corrected chi connectivity index (χ3v) is 5.82. The van der Waals surface area contributed by atoms with Crippen molar-refractivity contribution in [1.82, 2.24) is 0 Å². The lowest BCUT2D eigenvalue weighted by atomic mass is 10.1. The zero-order valence-corrected chi connectivity index (χ0v) is 19.7. The minimum atomic E-state index is 0.940. The van der Waals surface area contributed by atoms with Crippen LogP contribution in [0.15, 0.2) is 151 Å². The Morgan fingerprint density at radius 1 is 0.429 bits per heavy atom. The first-order valence-corrected chi connectivity index (χ1v) is 11.8. The van der Waals surface area contributed by atoms with Gasteiger partial charge in [-0.25, -0.2) is 5.01 Å². The molecule has 0 aliphatic heterocycles. The maximum Gasteiger partial charge on any atom is 0.0655 e. The second-order valence-corrected chi connectivity index (χ2v) is 8.22. The molecule has 0 spiro atoms. The van der Waals surface area contributed by atoms with Gasteiger partial charge in [-0.05, 0) is 73.2 Å². The number of nitrogens with zero attached hydrogens (tertiary/aromatic N) is 3. The Morgan fingerprint density at radius 2 is 0.771 bits per heavy atom. The number of rotatable bonds is 7. The highest BCUT2D eigenvalue weighted by Crippen LogP contribution is 2.34. The van der Waals surface area contributed by atoms with E-state index in [1.807, 2.05) is 53.5 Å². The van der Waals surface area contributed by atoms with Gasteiger partial charge in [0.1, 0.15) is 0 Å². The topological polar surface area (TPSA) is 18.8 Å². The first-order valence-electron chi connectivity index (χ1n) is 11.8. The van der Waals surface area contributed by atoms with Crippen LogP contribution in [-0.4, -0.2) is 5.71 Å². The minimum Gasteiger partial charge on any atom is -0.311 e. The van der Waals surface area contributed by atoms with Gasteiger partial charge in [0.2, 0.25) is 0 Å². The molecule has 0 N–H and O–H groups in total. The fourth-order valence-electron chi connectivity index (χ4n) is 4.06. The molecule has 0 atom stereocenters. The number of benzene rings is 5. The third-order valence-electron chi connectivity index (χ3n) is 5.82. The van der Waals surface area contributed by atoms with Gasteiger partial charge in [0.25, 0.3) is 0 Å². The summed E-state index contributed by atoms with van der Waals surface area (Å²) >= 11 is 0. The van der Waals surface area contributed by atoms with Crippen LogP contribution in [0, 0.1) is 0 Å². The highest BCUT2D eigenvalue weighted by Gasteiger charge is 2.13. The van der Waals surface area contributed by atoms with Crippen LogP contribution in [0.5, 0.6) is 0 Å². The van der Waals surface area contributed by atoms with Crippen molar-refractivity contribution < 1.29 is 0 Å². The highest BCUT2D eigenvalue weighted by molar-refractivity contribution is 6.00. The number of para-hydroxylation sites is 4. The van der Waals surface area contributed by atoms with E-state index >= 15 is 0 Å². The predicted octanol–water partition coefficient (Wildman–Crippen LogP) is 8.72. The molecule has 0 radical (unpaired) electrons. The summed E-state index contributed by atoms with van der Waals surface area (Å²) in [5, 5.41) is 7.00. The van der Waals surface area contributed by atoms with E-state index in [2.05, 4.69) is 109 Å². The second kappa shape index (κ2) is 10.5. The molecule has 170 valence electrons. The number of hydrogen-bond donors (Lipinski definition) is 0. The monoisotopic (exact) mass is 453 g/mol. The van der Waals surface area contributed by atoms with E-state index in [1.165, 1.54) is 0 Å². The van der Waals surface area contributed by atoms with Gasteiger partial charge in [-0.15, -0.1) is 0 Å². The van der Waals surface area contributed by atoms with Crippen LogP contribution in [0.3, 0.4) is 0 Å². The molecule has 35 heavy (non-hydrogen) atoms. The maximum atomic E-state index is 5.01. The Kier molecular flexibility index (Phi) is 6.67. The molecule has 0 fully saturated rings. The summed E-state index contributed by atoms with van der Waals surface area (Å²) in [6.45, 7) is 2.06. The van der Waals surface area contributed by atoms with Crippen LogP contribution < -0.4 is 9.91 Å². The Balaban J connectivity index is 1.49. The van der Waals surface area contributed by atoms with E-state index in [1.54, 1.807) is 0 Å². The van der Waals surface area contributed by atoms with Gasteiger partial charge in [-0.3, -0.25) is 0 Å². The molecule has 0 aliphatic carbocycles. The minimum absolute atomic E-state index is 0.940. The first-order chi connectivity index (χ1) is 17.3. The van der Waals surface area contributed by atoms with Crippen LogP contribution in [0.4, 0.5) is 28.4 Å². The first kappa shape index (κ1) is 22.2. The van der Waals surface area contributed by atoms with Gasteiger partial charge in [0.15, 0.2) is 0 Å². The summed E-state index contributed by atoms with van der Waals surface area (Å²) < 4.78 is 0. The molecule has 0 aliphatic rings. The smallest absolute Gasteiger partial charge is 0.0655 e. The van der Waals surface area contributed by atoms with Crippen LogP contribution in [0.2, 0.25) is 0 Å². The lowest BCUT2D eigenvalue weighted by Crippen LogP contribution is -2.13. The van der Waals surface area contributed by atoms with Crippen LogP contribution in [0.1, 0.15) is 12.5 Å². The van der Waals surface area contributed by atoms with Crippen molar-refractivity contribution in [1.29, 1.82) is 0 Å². The molecule has 0 heterocycles. The summed E-state index contributed by atoms with van der Waals surface area (Å²) in [6.07, 6.45) is 0. The summed E-state index contributed by atoms with van der Waals surface area (Å²) in [5.74, 6) is 0. The SMILES string of the molecule is CC(=NN(c1ccccc1)c1ccccc1)c1ccc(N(c2ccccc2)c2ccccc2)cc1. The summed E-state index contributed by atoms with van der Waals surface area (Å²) in [7, 11) is 0. The number of hydrogen-bond acceptors (Lipinski definition) is 3. The molecule has 0 amide bonds. The van der Waals surface area contributed by atoms with Gasteiger partial charge < -0.3 is 4.90 Å². The predicted molar refractivity (Wildman–Crippen MR) is 148 cm³/mol. The van der Waals surface area contributed by atoms with E-state index in [9.17, 15) is 0 Å². The Morgan fingerprint density at radius 3 is 1.17 bits per heavy atom. The zero-order chi connectivity index (χ0) is 23.9. The van der Waals surface area contributed by atoms with Crippen molar-refractivity contribution in [3.63, 3.8) is 0 Å². The molecule has 0 unspecified atom stereocenters. The molecule has 3 nitrogen and oxygen atoms in total. The third kappa shape index (κ3) is 5.15. The number of hydrazone groups is 1. The fraction of sp³-hybridized carbons (Fsp3) is 0.0312. The largest absolute Gasteiger partial charge is 0.311 e. The summed E-state index contributed by atoms with van der Waals surface area (Å²) in [5.41, 5.74) is 7.40. The lowest BCUT2D eigenvalue weighted by Gasteiger charge is -2.25. The molecule has 0 bridgehead atoms. The standard InChI is InChI=1S/C32H27N3/c1-26(33-35(31-18-10-4-11-19-31)32-20-12-5-13-21-32)27-22-24-30(25-23-27)34(28-14-6-2-7-15-28)29-16-8-3-9-17-29/h2-25H,1H3. The van der Waals surface area contributed by atoms with Crippen molar-refractivity contribution >= 4 is 34.1 Å². The van der Waals surface area contributed by atoms with E-state index in [0.29, 0.717) is 0 Å². The fourth-order valence-corrected chi connectivity index (χ4v) is 4.06. The van der Waals surface area contributed by atoms with Crippen LogP contribution in [0.25, 0.3) is 0 Å². The molecule has 5 rings (SSSR count). The molecular weight excluding hydrogens is 426 g/mol. The average Bonchev–Trinajstić information content (AvgIpc) is 2.94.